The van der Waals surface area contributed by atoms with E-state index in [4.69, 9.17) is 14.6 Å². The number of nitrogens with one attached hydrogen (secondary N) is 1. The van der Waals surface area contributed by atoms with E-state index in [0.29, 0.717) is 16.5 Å². The Kier molecular flexibility index (Phi) is 6.15. The zero-order valence-electron chi connectivity index (χ0n) is 18.7. The first kappa shape index (κ1) is 22.5. The molecule has 0 saturated carbocycles. The van der Waals surface area contributed by atoms with E-state index in [1.165, 1.54) is 29.1 Å². The van der Waals surface area contributed by atoms with Crippen molar-refractivity contribution in [3.05, 3.63) is 95.5 Å². The van der Waals surface area contributed by atoms with Gasteiger partial charge in [0.1, 0.15) is 10.8 Å². The Labute approximate surface area is 205 Å². The molecule has 1 N–H and O–H groups in total. The highest BCUT2D eigenvalue weighted by molar-refractivity contribution is 8.27. The summed E-state index contributed by atoms with van der Waals surface area (Å²) in [5.74, 6) is -0.637. The highest BCUT2D eigenvalue weighted by atomic mass is 32.2. The van der Waals surface area contributed by atoms with Crippen molar-refractivity contribution in [3.63, 3.8) is 0 Å². The number of hydrazone groups is 1. The smallest absolute Gasteiger partial charge is 0.379 e. The van der Waals surface area contributed by atoms with Gasteiger partial charge in [0, 0.05) is 5.92 Å². The number of benzene rings is 2. The van der Waals surface area contributed by atoms with E-state index in [1.54, 1.807) is 36.4 Å². The van der Waals surface area contributed by atoms with Crippen LogP contribution in [0.1, 0.15) is 40.9 Å². The van der Waals surface area contributed by atoms with Crippen LogP contribution in [0.25, 0.3) is 6.08 Å². The largest absolute Gasteiger partial charge is 0.457 e. The molecule has 2 aliphatic rings. The molecule has 3 heterocycles. The van der Waals surface area contributed by atoms with Crippen molar-refractivity contribution in [2.75, 3.05) is 0 Å². The highest BCUT2D eigenvalue weighted by Crippen LogP contribution is 2.36. The standard InChI is InChI=1S/C26H20N4O4S/c1-2-19(17-7-4-3-5-8-17)24-29-30-22(27)20(23(31)28-26(30)35-24)15-16-10-12-18(13-11-16)34-25(32)21-9-6-14-33-21/h3-15,19,27H,2H2,1H3/b20-15+,27-22?. The van der Waals surface area contributed by atoms with E-state index >= 15 is 0 Å². The molecule has 0 saturated heterocycles. The average molecular weight is 485 g/mol. The average Bonchev–Trinajstić information content (AvgIpc) is 3.55. The number of rotatable bonds is 6. The fourth-order valence-electron chi connectivity index (χ4n) is 3.74. The van der Waals surface area contributed by atoms with Crippen LogP contribution in [0, 0.1) is 5.41 Å². The third-order valence-corrected chi connectivity index (χ3v) is 6.52. The van der Waals surface area contributed by atoms with Crippen LogP contribution in [-0.4, -0.2) is 32.9 Å². The quantitative estimate of drug-likeness (QED) is 0.288. The lowest BCUT2D eigenvalue weighted by molar-refractivity contribution is -0.114. The molecule has 2 aliphatic heterocycles. The van der Waals surface area contributed by atoms with Crippen LogP contribution in [0.15, 0.2) is 93.1 Å². The predicted molar refractivity (Wildman–Crippen MR) is 135 cm³/mol. The number of amidine groups is 2. The summed E-state index contributed by atoms with van der Waals surface area (Å²) in [5, 5.41) is 15.9. The first-order chi connectivity index (χ1) is 17.0. The van der Waals surface area contributed by atoms with Gasteiger partial charge < -0.3 is 9.15 Å². The van der Waals surface area contributed by atoms with E-state index in [1.807, 2.05) is 30.3 Å². The van der Waals surface area contributed by atoms with Gasteiger partial charge in [-0.05, 0) is 59.7 Å². The monoisotopic (exact) mass is 484 g/mol. The van der Waals surface area contributed by atoms with E-state index in [2.05, 4.69) is 17.0 Å². The number of esters is 1. The lowest BCUT2D eigenvalue weighted by Crippen LogP contribution is -2.35. The highest BCUT2D eigenvalue weighted by Gasteiger charge is 2.37. The molecule has 1 amide bonds. The summed E-state index contributed by atoms with van der Waals surface area (Å²) < 4.78 is 10.3. The normalized spacial score (nSPS) is 17.2. The van der Waals surface area contributed by atoms with Crippen molar-refractivity contribution in [3.8, 4) is 5.75 Å². The fourth-order valence-corrected chi connectivity index (χ4v) is 4.84. The summed E-state index contributed by atoms with van der Waals surface area (Å²) in [6, 6.07) is 19.7. The summed E-state index contributed by atoms with van der Waals surface area (Å²) in [7, 11) is 0. The van der Waals surface area contributed by atoms with Crippen LogP contribution in [0.2, 0.25) is 0 Å². The second kappa shape index (κ2) is 9.55. The number of ether oxygens (including phenoxy) is 1. The molecule has 8 nitrogen and oxygen atoms in total. The topological polar surface area (TPSA) is 108 Å². The van der Waals surface area contributed by atoms with Crippen molar-refractivity contribution in [1.29, 1.82) is 5.41 Å². The second-order valence-corrected chi connectivity index (χ2v) is 8.75. The van der Waals surface area contributed by atoms with Crippen LogP contribution in [0.3, 0.4) is 0 Å². The van der Waals surface area contributed by atoms with Gasteiger partial charge in [-0.15, -0.1) is 0 Å². The molecule has 2 aromatic carbocycles. The Balaban J connectivity index is 1.35. The number of aliphatic imine (C=N–C) groups is 1. The molecule has 0 spiro atoms. The van der Waals surface area contributed by atoms with Gasteiger partial charge in [-0.1, -0.05) is 49.4 Å². The van der Waals surface area contributed by atoms with E-state index in [-0.39, 0.29) is 23.1 Å². The minimum Gasteiger partial charge on any atom is -0.457 e. The lowest BCUT2D eigenvalue weighted by atomic mass is 9.98. The predicted octanol–water partition coefficient (Wildman–Crippen LogP) is 5.31. The molecule has 0 radical (unpaired) electrons. The van der Waals surface area contributed by atoms with Gasteiger partial charge in [0.25, 0.3) is 5.91 Å². The van der Waals surface area contributed by atoms with Crippen LogP contribution in [0.5, 0.6) is 5.75 Å². The number of furan rings is 1. The summed E-state index contributed by atoms with van der Waals surface area (Å²) in [5.41, 5.74) is 1.91. The number of carbonyl (C=O) groups excluding carboxylic acids is 2. The molecule has 1 unspecified atom stereocenters. The maximum Gasteiger partial charge on any atom is 0.379 e. The zero-order valence-corrected chi connectivity index (χ0v) is 19.5. The van der Waals surface area contributed by atoms with Gasteiger partial charge in [0.05, 0.1) is 11.8 Å². The number of hydrogen-bond acceptors (Lipinski definition) is 7. The molecule has 3 aromatic rings. The maximum atomic E-state index is 12.7. The first-order valence-corrected chi connectivity index (χ1v) is 11.8. The molecule has 35 heavy (non-hydrogen) atoms. The van der Waals surface area contributed by atoms with Crippen molar-refractivity contribution in [2.24, 2.45) is 10.1 Å². The second-order valence-electron chi connectivity index (χ2n) is 7.77. The van der Waals surface area contributed by atoms with E-state index < -0.39 is 11.9 Å². The molecule has 0 aliphatic carbocycles. The van der Waals surface area contributed by atoms with Crippen molar-refractivity contribution in [2.45, 2.75) is 19.3 Å². The van der Waals surface area contributed by atoms with E-state index in [0.717, 1.165) is 17.0 Å². The third kappa shape index (κ3) is 4.58. The Morgan fingerprint density at radius 2 is 1.91 bits per heavy atom. The third-order valence-electron chi connectivity index (χ3n) is 5.50. The summed E-state index contributed by atoms with van der Waals surface area (Å²) in [4.78, 5) is 28.9. The molecule has 0 fully saturated rings. The Morgan fingerprint density at radius 1 is 1.14 bits per heavy atom. The van der Waals surface area contributed by atoms with Gasteiger partial charge in [-0.2, -0.15) is 15.1 Å². The molecule has 1 aromatic heterocycles. The SMILES string of the molecule is CCC(C1=NN2C(=N)/C(=C\c3ccc(OC(=O)c4ccco4)cc3)C(=O)N=C2S1)c1ccccc1. The molecular formula is C26H20N4O4S. The van der Waals surface area contributed by atoms with Crippen molar-refractivity contribution in [1.82, 2.24) is 5.01 Å². The van der Waals surface area contributed by atoms with Gasteiger partial charge >= 0.3 is 5.97 Å². The number of thioether (sulfide) groups is 1. The van der Waals surface area contributed by atoms with Crippen LogP contribution < -0.4 is 4.74 Å². The maximum absolute atomic E-state index is 12.7. The minimum absolute atomic E-state index is 0.0289. The van der Waals surface area contributed by atoms with E-state index in [9.17, 15) is 9.59 Å². The van der Waals surface area contributed by atoms with Gasteiger partial charge in [0.15, 0.2) is 5.84 Å². The number of fused-ring (bicyclic) bond motifs is 1. The van der Waals surface area contributed by atoms with Crippen LogP contribution in [-0.2, 0) is 4.79 Å². The Bertz CT molecular complexity index is 1380. The summed E-state index contributed by atoms with van der Waals surface area (Å²) in [6.07, 6.45) is 3.80. The number of amides is 1. The summed E-state index contributed by atoms with van der Waals surface area (Å²) in [6.45, 7) is 2.08. The fraction of sp³-hybridized carbons (Fsp3) is 0.115. The summed E-state index contributed by atoms with van der Waals surface area (Å²) >= 11 is 1.33. The first-order valence-electron chi connectivity index (χ1n) is 10.9. The number of hydrogen-bond donors (Lipinski definition) is 1. The number of carbonyl (C=O) groups is 2. The zero-order chi connectivity index (χ0) is 24.4. The van der Waals surface area contributed by atoms with Gasteiger partial charge in [-0.3, -0.25) is 10.2 Å². The van der Waals surface area contributed by atoms with Gasteiger partial charge in [-0.25, -0.2) is 4.79 Å². The molecule has 5 rings (SSSR count). The Hall–Kier alpha value is -4.24. The Morgan fingerprint density at radius 3 is 2.60 bits per heavy atom. The molecule has 174 valence electrons. The molecular weight excluding hydrogens is 464 g/mol. The van der Waals surface area contributed by atoms with Crippen LogP contribution >= 0.6 is 11.8 Å². The van der Waals surface area contributed by atoms with Crippen molar-refractivity contribution < 1.29 is 18.7 Å². The van der Waals surface area contributed by atoms with Crippen LogP contribution in [0.4, 0.5) is 0 Å². The number of nitrogens with zero attached hydrogens (tertiary/aromatic N) is 3. The molecule has 9 heteroatoms. The lowest BCUT2D eigenvalue weighted by Gasteiger charge is -2.20. The van der Waals surface area contributed by atoms with Crippen molar-refractivity contribution >= 4 is 45.8 Å². The molecule has 1 atom stereocenters. The minimum atomic E-state index is -0.603. The van der Waals surface area contributed by atoms with Gasteiger partial charge in [0.2, 0.25) is 10.9 Å². The molecule has 0 bridgehead atoms.